The zero-order chi connectivity index (χ0) is 11.7. The molecule has 4 heteroatoms. The molecule has 1 unspecified atom stereocenters. The van der Waals surface area contributed by atoms with Gasteiger partial charge in [0, 0.05) is 18.7 Å². The molecular formula is C11H25NO3. The summed E-state index contributed by atoms with van der Waals surface area (Å²) in [5.74, 6) is 0. The number of nitrogens with one attached hydrogen (secondary N) is 1. The van der Waals surface area contributed by atoms with Gasteiger partial charge in [-0.3, -0.25) is 0 Å². The molecule has 92 valence electrons. The molecule has 0 aromatic carbocycles. The third-order valence-electron chi connectivity index (χ3n) is 2.88. The summed E-state index contributed by atoms with van der Waals surface area (Å²) in [5, 5.41) is 22.1. The van der Waals surface area contributed by atoms with Gasteiger partial charge in [-0.2, -0.15) is 0 Å². The Hall–Kier alpha value is -0.160. The van der Waals surface area contributed by atoms with Crippen LogP contribution >= 0.6 is 0 Å². The second kappa shape index (κ2) is 8.05. The standard InChI is InChI=1S/C11H25NO3/c1-4-11(5-2,9-13)12-7-10(14)8-15-6-3/h10,12-14H,4-9H2,1-3H3. The molecule has 15 heavy (non-hydrogen) atoms. The topological polar surface area (TPSA) is 61.7 Å². The maximum atomic E-state index is 9.56. The van der Waals surface area contributed by atoms with Gasteiger partial charge in [-0.1, -0.05) is 13.8 Å². The van der Waals surface area contributed by atoms with Crippen LogP contribution in [-0.2, 0) is 4.74 Å². The number of β-amino-alcohol motifs (C(OH)–C–C–N with tert-alkyl or cyclic N) is 1. The van der Waals surface area contributed by atoms with Gasteiger partial charge in [0.05, 0.1) is 19.3 Å². The van der Waals surface area contributed by atoms with Crippen molar-refractivity contribution in [2.24, 2.45) is 0 Å². The van der Waals surface area contributed by atoms with Gasteiger partial charge in [0.1, 0.15) is 0 Å². The molecule has 0 spiro atoms. The van der Waals surface area contributed by atoms with Crippen LogP contribution in [0.5, 0.6) is 0 Å². The summed E-state index contributed by atoms with van der Waals surface area (Å²) in [6.07, 6.45) is 1.19. The van der Waals surface area contributed by atoms with Gasteiger partial charge < -0.3 is 20.3 Å². The van der Waals surface area contributed by atoms with Gasteiger partial charge in [0.25, 0.3) is 0 Å². The van der Waals surface area contributed by atoms with Crippen LogP contribution in [0, 0.1) is 0 Å². The lowest BCUT2D eigenvalue weighted by Gasteiger charge is -2.31. The summed E-state index contributed by atoms with van der Waals surface area (Å²) in [7, 11) is 0. The third kappa shape index (κ3) is 5.47. The van der Waals surface area contributed by atoms with Crippen molar-refractivity contribution in [1.82, 2.24) is 5.32 Å². The minimum absolute atomic E-state index is 0.0986. The molecule has 3 N–H and O–H groups in total. The normalized spacial score (nSPS) is 14.2. The first-order chi connectivity index (χ1) is 7.14. The van der Waals surface area contributed by atoms with Gasteiger partial charge in [-0.05, 0) is 19.8 Å². The van der Waals surface area contributed by atoms with E-state index in [2.05, 4.69) is 5.32 Å². The highest BCUT2D eigenvalue weighted by Gasteiger charge is 2.24. The van der Waals surface area contributed by atoms with Crippen molar-refractivity contribution in [2.75, 3.05) is 26.4 Å². The number of rotatable bonds is 9. The van der Waals surface area contributed by atoms with E-state index in [0.717, 1.165) is 12.8 Å². The average molecular weight is 219 g/mol. The molecule has 0 aliphatic carbocycles. The zero-order valence-electron chi connectivity index (χ0n) is 10.1. The predicted octanol–water partition coefficient (Wildman–Crippen LogP) is 0.524. The summed E-state index contributed by atoms with van der Waals surface area (Å²) >= 11 is 0. The largest absolute Gasteiger partial charge is 0.394 e. The number of ether oxygens (including phenoxy) is 1. The summed E-state index contributed by atoms with van der Waals surface area (Å²) in [5.41, 5.74) is -0.257. The molecule has 1 atom stereocenters. The van der Waals surface area contributed by atoms with Crippen molar-refractivity contribution in [1.29, 1.82) is 0 Å². The van der Waals surface area contributed by atoms with Crippen LogP contribution in [0.1, 0.15) is 33.6 Å². The Morgan fingerprint density at radius 3 is 2.27 bits per heavy atom. The molecule has 0 radical (unpaired) electrons. The molecule has 0 amide bonds. The molecule has 0 aromatic heterocycles. The van der Waals surface area contributed by atoms with Crippen LogP contribution in [0.2, 0.25) is 0 Å². The van der Waals surface area contributed by atoms with Crippen LogP contribution in [0.3, 0.4) is 0 Å². The van der Waals surface area contributed by atoms with Gasteiger partial charge >= 0.3 is 0 Å². The smallest absolute Gasteiger partial charge is 0.0897 e. The zero-order valence-corrected chi connectivity index (χ0v) is 10.1. The molecule has 4 nitrogen and oxygen atoms in total. The fourth-order valence-electron chi connectivity index (χ4n) is 1.43. The van der Waals surface area contributed by atoms with Crippen LogP contribution < -0.4 is 5.32 Å². The van der Waals surface area contributed by atoms with Crippen LogP contribution in [0.25, 0.3) is 0 Å². The minimum atomic E-state index is -0.506. The van der Waals surface area contributed by atoms with E-state index in [4.69, 9.17) is 4.74 Å². The summed E-state index contributed by atoms with van der Waals surface area (Å²) in [6.45, 7) is 7.48. The SMILES string of the molecule is CCOCC(O)CNC(CC)(CC)CO. The van der Waals surface area contributed by atoms with E-state index in [-0.39, 0.29) is 12.1 Å². The Kier molecular flexibility index (Phi) is 7.96. The third-order valence-corrected chi connectivity index (χ3v) is 2.88. The first-order valence-electron chi connectivity index (χ1n) is 5.75. The molecule has 0 bridgehead atoms. The fourth-order valence-corrected chi connectivity index (χ4v) is 1.43. The number of aliphatic hydroxyl groups is 2. The second-order valence-corrected chi connectivity index (χ2v) is 3.84. The van der Waals surface area contributed by atoms with E-state index in [0.29, 0.717) is 19.8 Å². The van der Waals surface area contributed by atoms with Gasteiger partial charge in [-0.25, -0.2) is 0 Å². The van der Waals surface area contributed by atoms with Crippen LogP contribution in [0.4, 0.5) is 0 Å². The Morgan fingerprint density at radius 2 is 1.87 bits per heavy atom. The second-order valence-electron chi connectivity index (χ2n) is 3.84. The van der Waals surface area contributed by atoms with Gasteiger partial charge in [0.2, 0.25) is 0 Å². The lowest BCUT2D eigenvalue weighted by molar-refractivity contribution is 0.0332. The lowest BCUT2D eigenvalue weighted by atomic mass is 9.94. The Labute approximate surface area is 92.6 Å². The molecule has 0 fully saturated rings. The first kappa shape index (κ1) is 14.8. The van der Waals surface area contributed by atoms with Crippen molar-refractivity contribution < 1.29 is 14.9 Å². The molecule has 0 saturated heterocycles. The maximum Gasteiger partial charge on any atom is 0.0897 e. The van der Waals surface area contributed by atoms with Gasteiger partial charge in [0.15, 0.2) is 0 Å². The number of hydrogen-bond acceptors (Lipinski definition) is 4. The van der Waals surface area contributed by atoms with E-state index < -0.39 is 6.10 Å². The predicted molar refractivity (Wildman–Crippen MR) is 60.9 cm³/mol. The molecule has 0 saturated carbocycles. The van der Waals surface area contributed by atoms with Crippen LogP contribution in [0.15, 0.2) is 0 Å². The Morgan fingerprint density at radius 1 is 1.27 bits per heavy atom. The Bertz CT molecular complexity index is 141. The molecule has 0 aliphatic rings. The number of aliphatic hydroxyl groups excluding tert-OH is 2. The van der Waals surface area contributed by atoms with E-state index in [1.54, 1.807) is 0 Å². The monoisotopic (exact) mass is 219 g/mol. The van der Waals surface area contributed by atoms with Gasteiger partial charge in [-0.15, -0.1) is 0 Å². The highest BCUT2D eigenvalue weighted by molar-refractivity contribution is 4.85. The van der Waals surface area contributed by atoms with Crippen LogP contribution in [-0.4, -0.2) is 48.2 Å². The summed E-state index contributed by atoms with van der Waals surface area (Å²) in [6, 6.07) is 0. The van der Waals surface area contributed by atoms with E-state index in [9.17, 15) is 10.2 Å². The lowest BCUT2D eigenvalue weighted by Crippen LogP contribution is -2.50. The van der Waals surface area contributed by atoms with Crippen molar-refractivity contribution in [2.45, 2.75) is 45.3 Å². The summed E-state index contributed by atoms with van der Waals surface area (Å²) in [4.78, 5) is 0. The van der Waals surface area contributed by atoms with E-state index in [1.165, 1.54) is 0 Å². The summed E-state index contributed by atoms with van der Waals surface area (Å²) < 4.78 is 5.11. The Balaban J connectivity index is 3.88. The van der Waals surface area contributed by atoms with Crippen molar-refractivity contribution in [3.63, 3.8) is 0 Å². The maximum absolute atomic E-state index is 9.56. The quantitative estimate of drug-likeness (QED) is 0.529. The number of hydrogen-bond donors (Lipinski definition) is 3. The minimum Gasteiger partial charge on any atom is -0.394 e. The molecule has 0 aliphatic heterocycles. The average Bonchev–Trinajstić information content (AvgIpc) is 2.29. The highest BCUT2D eigenvalue weighted by atomic mass is 16.5. The highest BCUT2D eigenvalue weighted by Crippen LogP contribution is 2.13. The van der Waals surface area contributed by atoms with Crippen molar-refractivity contribution in [3.05, 3.63) is 0 Å². The fraction of sp³-hybridized carbons (Fsp3) is 1.00. The molecule has 0 aromatic rings. The first-order valence-corrected chi connectivity index (χ1v) is 5.75. The van der Waals surface area contributed by atoms with Crippen molar-refractivity contribution >= 4 is 0 Å². The molecule has 0 rings (SSSR count). The van der Waals surface area contributed by atoms with E-state index >= 15 is 0 Å². The molecule has 0 heterocycles. The van der Waals surface area contributed by atoms with E-state index in [1.807, 2.05) is 20.8 Å². The molecular weight excluding hydrogens is 194 g/mol. The van der Waals surface area contributed by atoms with Crippen molar-refractivity contribution in [3.8, 4) is 0 Å².